The van der Waals surface area contributed by atoms with E-state index in [0.717, 1.165) is 12.8 Å². The summed E-state index contributed by atoms with van der Waals surface area (Å²) in [7, 11) is 0. The lowest BCUT2D eigenvalue weighted by atomic mass is 9.98. The molecule has 0 bridgehead atoms. The Balaban J connectivity index is 1.74. The average molecular weight is 274 g/mol. The molecule has 3 nitrogen and oxygen atoms in total. The molecule has 4 heteroatoms. The molecule has 0 radical (unpaired) electrons. The van der Waals surface area contributed by atoms with Crippen LogP contribution >= 0.6 is 0 Å². The third-order valence-corrected chi connectivity index (χ3v) is 3.82. The standard InChI is InChI=1S/C16H19FN2O/c17-15-6-2-1-4-14(15)5-3-7-16(20)19-10-8-13(12-18)9-11-19/h1-2,4,6,13H,3,5,7-11H2. The molecular formula is C16H19FN2O. The molecule has 1 saturated heterocycles. The Morgan fingerprint density at radius 3 is 2.70 bits per heavy atom. The van der Waals surface area contributed by atoms with Gasteiger partial charge in [-0.25, -0.2) is 4.39 Å². The second-order valence-electron chi connectivity index (χ2n) is 5.23. The second-order valence-corrected chi connectivity index (χ2v) is 5.23. The van der Waals surface area contributed by atoms with Crippen molar-refractivity contribution in [1.29, 1.82) is 5.26 Å². The van der Waals surface area contributed by atoms with Crippen LogP contribution in [0.25, 0.3) is 0 Å². The first kappa shape index (κ1) is 14.5. The molecule has 0 spiro atoms. The molecule has 1 amide bonds. The molecule has 1 aliphatic rings. The van der Waals surface area contributed by atoms with Crippen molar-refractivity contribution in [2.45, 2.75) is 32.1 Å². The van der Waals surface area contributed by atoms with Crippen LogP contribution in [-0.2, 0) is 11.2 Å². The maximum absolute atomic E-state index is 13.4. The van der Waals surface area contributed by atoms with Crippen molar-refractivity contribution in [3.8, 4) is 6.07 Å². The molecule has 0 atom stereocenters. The number of hydrogen-bond donors (Lipinski definition) is 0. The minimum Gasteiger partial charge on any atom is -0.343 e. The Morgan fingerprint density at radius 2 is 2.05 bits per heavy atom. The highest BCUT2D eigenvalue weighted by atomic mass is 19.1. The van der Waals surface area contributed by atoms with E-state index in [0.29, 0.717) is 37.9 Å². The molecule has 2 rings (SSSR count). The lowest BCUT2D eigenvalue weighted by molar-refractivity contribution is -0.132. The van der Waals surface area contributed by atoms with Gasteiger partial charge in [-0.15, -0.1) is 0 Å². The van der Waals surface area contributed by atoms with E-state index in [1.807, 2.05) is 11.0 Å². The summed E-state index contributed by atoms with van der Waals surface area (Å²) in [5.74, 6) is 0.0185. The number of rotatable bonds is 4. The number of carbonyl (C=O) groups excluding carboxylic acids is 1. The SMILES string of the molecule is N#CC1CCN(C(=O)CCCc2ccccc2F)CC1. The van der Waals surface area contributed by atoms with Gasteiger partial charge in [0.2, 0.25) is 5.91 Å². The van der Waals surface area contributed by atoms with Crippen LogP contribution < -0.4 is 0 Å². The van der Waals surface area contributed by atoms with Crippen molar-refractivity contribution in [1.82, 2.24) is 4.90 Å². The third-order valence-electron chi connectivity index (χ3n) is 3.82. The molecule has 106 valence electrons. The van der Waals surface area contributed by atoms with Gasteiger partial charge >= 0.3 is 0 Å². The first-order chi connectivity index (χ1) is 9.70. The number of carbonyl (C=O) groups is 1. The number of benzene rings is 1. The normalized spacial score (nSPS) is 15.9. The van der Waals surface area contributed by atoms with E-state index in [1.165, 1.54) is 6.07 Å². The topological polar surface area (TPSA) is 44.1 Å². The van der Waals surface area contributed by atoms with Gasteiger partial charge in [0.25, 0.3) is 0 Å². The smallest absolute Gasteiger partial charge is 0.222 e. The van der Waals surface area contributed by atoms with E-state index >= 15 is 0 Å². The number of halogens is 1. The van der Waals surface area contributed by atoms with Crippen molar-refractivity contribution in [2.75, 3.05) is 13.1 Å². The van der Waals surface area contributed by atoms with Gasteiger partial charge in [0.15, 0.2) is 0 Å². The molecule has 0 saturated carbocycles. The zero-order chi connectivity index (χ0) is 14.4. The summed E-state index contributed by atoms with van der Waals surface area (Å²) in [4.78, 5) is 13.8. The maximum atomic E-state index is 13.4. The number of nitriles is 1. The molecule has 1 fully saturated rings. The fraction of sp³-hybridized carbons (Fsp3) is 0.500. The van der Waals surface area contributed by atoms with Crippen LogP contribution in [0, 0.1) is 23.1 Å². The predicted molar refractivity (Wildman–Crippen MR) is 74.3 cm³/mol. The zero-order valence-electron chi connectivity index (χ0n) is 11.5. The van der Waals surface area contributed by atoms with Gasteiger partial charge in [0, 0.05) is 25.4 Å². The van der Waals surface area contributed by atoms with Crippen LogP contribution in [0.15, 0.2) is 24.3 Å². The van der Waals surface area contributed by atoms with Crippen LogP contribution in [0.2, 0.25) is 0 Å². The predicted octanol–water partition coefficient (Wildman–Crippen LogP) is 2.91. The van der Waals surface area contributed by atoms with Gasteiger partial charge in [0.1, 0.15) is 5.82 Å². The summed E-state index contributed by atoms with van der Waals surface area (Å²) in [6.45, 7) is 1.35. The lowest BCUT2D eigenvalue weighted by Crippen LogP contribution is -2.38. The number of amides is 1. The molecular weight excluding hydrogens is 255 g/mol. The maximum Gasteiger partial charge on any atom is 0.222 e. The molecule has 1 aromatic rings. The highest BCUT2D eigenvalue weighted by Gasteiger charge is 2.21. The Morgan fingerprint density at radius 1 is 1.35 bits per heavy atom. The fourth-order valence-electron chi connectivity index (χ4n) is 2.55. The van der Waals surface area contributed by atoms with Gasteiger partial charge < -0.3 is 4.90 Å². The quantitative estimate of drug-likeness (QED) is 0.847. The fourth-order valence-corrected chi connectivity index (χ4v) is 2.55. The molecule has 0 aromatic heterocycles. The van der Waals surface area contributed by atoms with Gasteiger partial charge in [-0.05, 0) is 37.3 Å². The largest absolute Gasteiger partial charge is 0.343 e. The Bertz CT molecular complexity index is 501. The third kappa shape index (κ3) is 3.80. The summed E-state index contributed by atoms with van der Waals surface area (Å²) >= 11 is 0. The van der Waals surface area contributed by atoms with Crippen LogP contribution in [-0.4, -0.2) is 23.9 Å². The van der Waals surface area contributed by atoms with Crippen LogP contribution in [0.3, 0.4) is 0 Å². The Hall–Kier alpha value is -1.89. The van der Waals surface area contributed by atoms with Crippen LogP contribution in [0.4, 0.5) is 4.39 Å². The van der Waals surface area contributed by atoms with E-state index in [2.05, 4.69) is 6.07 Å². The van der Waals surface area contributed by atoms with Crippen LogP contribution in [0.5, 0.6) is 0 Å². The van der Waals surface area contributed by atoms with E-state index in [9.17, 15) is 9.18 Å². The molecule has 0 N–H and O–H groups in total. The zero-order valence-corrected chi connectivity index (χ0v) is 11.5. The van der Waals surface area contributed by atoms with Crippen LogP contribution in [0.1, 0.15) is 31.2 Å². The summed E-state index contributed by atoms with van der Waals surface area (Å²) in [5.41, 5.74) is 0.670. The summed E-state index contributed by atoms with van der Waals surface area (Å²) in [5, 5.41) is 8.82. The highest BCUT2D eigenvalue weighted by molar-refractivity contribution is 5.76. The minimum atomic E-state index is -0.199. The van der Waals surface area contributed by atoms with Gasteiger partial charge in [0.05, 0.1) is 6.07 Å². The second kappa shape index (κ2) is 7.04. The Kier molecular flexibility index (Phi) is 5.11. The van der Waals surface area contributed by atoms with E-state index in [-0.39, 0.29) is 17.6 Å². The van der Waals surface area contributed by atoms with E-state index in [4.69, 9.17) is 5.26 Å². The van der Waals surface area contributed by atoms with E-state index < -0.39 is 0 Å². The molecule has 20 heavy (non-hydrogen) atoms. The monoisotopic (exact) mass is 274 g/mol. The lowest BCUT2D eigenvalue weighted by Gasteiger charge is -2.29. The first-order valence-corrected chi connectivity index (χ1v) is 7.11. The molecule has 1 aliphatic heterocycles. The van der Waals surface area contributed by atoms with Crippen molar-refractivity contribution in [2.24, 2.45) is 5.92 Å². The summed E-state index contributed by atoms with van der Waals surface area (Å²) in [6, 6.07) is 8.95. The highest BCUT2D eigenvalue weighted by Crippen LogP contribution is 2.17. The number of hydrogen-bond acceptors (Lipinski definition) is 2. The van der Waals surface area contributed by atoms with Gasteiger partial charge in [-0.2, -0.15) is 5.26 Å². The van der Waals surface area contributed by atoms with Gasteiger partial charge in [-0.1, -0.05) is 18.2 Å². The molecule has 0 aliphatic carbocycles. The first-order valence-electron chi connectivity index (χ1n) is 7.11. The summed E-state index contributed by atoms with van der Waals surface area (Å²) < 4.78 is 13.4. The molecule has 1 aromatic carbocycles. The van der Waals surface area contributed by atoms with Crippen molar-refractivity contribution >= 4 is 5.91 Å². The molecule has 0 unspecified atom stereocenters. The van der Waals surface area contributed by atoms with Crippen molar-refractivity contribution < 1.29 is 9.18 Å². The minimum absolute atomic E-state index is 0.0949. The Labute approximate surface area is 119 Å². The number of piperidine rings is 1. The van der Waals surface area contributed by atoms with Crippen molar-refractivity contribution in [3.63, 3.8) is 0 Å². The number of aryl methyl sites for hydroxylation is 1. The van der Waals surface area contributed by atoms with E-state index in [1.54, 1.807) is 12.1 Å². The average Bonchev–Trinajstić information content (AvgIpc) is 2.49. The number of nitrogens with zero attached hydrogens (tertiary/aromatic N) is 2. The van der Waals surface area contributed by atoms with Gasteiger partial charge in [-0.3, -0.25) is 4.79 Å². The molecule has 1 heterocycles. The number of likely N-dealkylation sites (tertiary alicyclic amines) is 1. The summed E-state index contributed by atoms with van der Waals surface area (Å²) in [6.07, 6.45) is 3.25. The van der Waals surface area contributed by atoms with Crippen molar-refractivity contribution in [3.05, 3.63) is 35.6 Å².